The number of phenolic OH excluding ortho intramolecular Hbond substituents is 1. The number of phenols is 1. The molecule has 0 saturated heterocycles. The van der Waals surface area contributed by atoms with Crippen molar-refractivity contribution in [2.24, 2.45) is 0 Å². The lowest BCUT2D eigenvalue weighted by atomic mass is 10.0. The molecule has 1 nitrogen and oxygen atoms in total. The fourth-order valence-corrected chi connectivity index (χ4v) is 2.15. The van der Waals surface area contributed by atoms with Crippen molar-refractivity contribution in [3.63, 3.8) is 0 Å². The van der Waals surface area contributed by atoms with Gasteiger partial charge >= 0.3 is 0 Å². The Morgan fingerprint density at radius 3 is 2.24 bits per heavy atom. The number of unbranched alkanes of at least 4 members (excludes halogenated alkanes) is 1. The zero-order valence-corrected chi connectivity index (χ0v) is 12.9. The van der Waals surface area contributed by atoms with Crippen LogP contribution in [-0.4, -0.2) is 20.3 Å². The number of aromatic hydroxyl groups is 1. The Hall–Kier alpha value is -0.448. The van der Waals surface area contributed by atoms with Crippen molar-refractivity contribution in [3.05, 3.63) is 29.3 Å². The molecule has 1 rings (SSSR count). The Kier molecular flexibility index (Phi) is 10.4. The molecular formula is C15H26AlO. The highest BCUT2D eigenvalue weighted by atomic mass is 27.1. The smallest absolute Gasteiger partial charge is 0.198 e. The maximum Gasteiger partial charge on any atom is 0.198 e. The summed E-state index contributed by atoms with van der Waals surface area (Å²) in [6.45, 7) is 8.59. The quantitative estimate of drug-likeness (QED) is 0.755. The maximum absolute atomic E-state index is 9.62. The third-order valence-corrected chi connectivity index (χ3v) is 3.85. The van der Waals surface area contributed by atoms with Crippen LogP contribution in [-0.2, 0) is 6.42 Å². The topological polar surface area (TPSA) is 20.2 Å². The van der Waals surface area contributed by atoms with Gasteiger partial charge in [0.05, 0.1) is 0 Å². The van der Waals surface area contributed by atoms with Crippen LogP contribution >= 0.6 is 0 Å². The molecule has 1 N–H and O–H groups in total. The second-order valence-corrected chi connectivity index (χ2v) is 6.50. The number of para-hydroxylation sites is 1. The molecule has 0 heterocycles. The van der Waals surface area contributed by atoms with Crippen molar-refractivity contribution >= 4 is 15.2 Å². The minimum Gasteiger partial charge on any atom is -0.507 e. The van der Waals surface area contributed by atoms with E-state index in [0.29, 0.717) is 5.75 Å². The van der Waals surface area contributed by atoms with E-state index in [9.17, 15) is 5.11 Å². The fraction of sp³-hybridized carbons (Fsp3) is 0.600. The van der Waals surface area contributed by atoms with Gasteiger partial charge in [-0.25, -0.2) is 0 Å². The average Bonchev–Trinajstić information content (AvgIpc) is 2.33. The molecule has 95 valence electrons. The summed E-state index contributed by atoms with van der Waals surface area (Å²) in [4.78, 5) is 0. The molecule has 0 aliphatic heterocycles. The van der Waals surface area contributed by atoms with Crippen molar-refractivity contribution in [1.29, 1.82) is 0 Å². The largest absolute Gasteiger partial charge is 0.507 e. The van der Waals surface area contributed by atoms with Crippen LogP contribution < -0.4 is 0 Å². The highest BCUT2D eigenvalue weighted by molar-refractivity contribution is 6.34. The first-order valence-corrected chi connectivity index (χ1v) is 8.39. The Labute approximate surface area is 113 Å². The van der Waals surface area contributed by atoms with Gasteiger partial charge in [-0.15, -0.1) is 10.6 Å². The molecule has 0 saturated carbocycles. The van der Waals surface area contributed by atoms with Gasteiger partial charge in [-0.05, 0) is 30.9 Å². The van der Waals surface area contributed by atoms with Crippen LogP contribution in [0.2, 0.25) is 10.6 Å². The van der Waals surface area contributed by atoms with Gasteiger partial charge in [0.1, 0.15) is 5.75 Å². The third-order valence-electron chi connectivity index (χ3n) is 2.70. The first-order chi connectivity index (χ1) is 8.17. The molecule has 0 aliphatic carbocycles. The molecule has 0 amide bonds. The number of aryl methyl sites for hydroxylation is 2. The Morgan fingerprint density at radius 2 is 1.76 bits per heavy atom. The summed E-state index contributed by atoms with van der Waals surface area (Å²) < 4.78 is 0. The number of hydrogen-bond donors (Lipinski definition) is 1. The monoisotopic (exact) mass is 249 g/mol. The molecule has 1 aromatic rings. The van der Waals surface area contributed by atoms with Gasteiger partial charge in [0.25, 0.3) is 0 Å². The molecule has 0 bridgehead atoms. The molecule has 0 spiro atoms. The minimum atomic E-state index is 0.478. The third kappa shape index (κ3) is 7.47. The van der Waals surface area contributed by atoms with Gasteiger partial charge in [-0.2, -0.15) is 0 Å². The normalized spacial score (nSPS) is 9.41. The fourth-order valence-electron chi connectivity index (χ4n) is 1.58. The predicted octanol–water partition coefficient (Wildman–Crippen LogP) is 4.61. The average molecular weight is 249 g/mol. The number of hydrogen-bond acceptors (Lipinski definition) is 1. The van der Waals surface area contributed by atoms with Crippen LogP contribution in [0.25, 0.3) is 0 Å². The molecule has 2 heteroatoms. The molecule has 1 aromatic carbocycles. The lowest BCUT2D eigenvalue weighted by Crippen LogP contribution is -1.87. The summed E-state index contributed by atoms with van der Waals surface area (Å²) in [5.74, 6) is 0.478. The molecule has 0 fully saturated rings. The van der Waals surface area contributed by atoms with Crippen molar-refractivity contribution in [2.45, 2.75) is 57.5 Å². The highest BCUT2D eigenvalue weighted by Crippen LogP contribution is 2.22. The van der Waals surface area contributed by atoms with E-state index in [1.54, 1.807) is 0 Å². The van der Waals surface area contributed by atoms with E-state index in [2.05, 4.69) is 20.8 Å². The lowest BCUT2D eigenvalue weighted by molar-refractivity contribution is 0.463. The Bertz CT molecular complexity index is 295. The second-order valence-electron chi connectivity index (χ2n) is 4.29. The van der Waals surface area contributed by atoms with E-state index in [1.165, 1.54) is 17.0 Å². The van der Waals surface area contributed by atoms with Crippen molar-refractivity contribution in [1.82, 2.24) is 0 Å². The van der Waals surface area contributed by atoms with Gasteiger partial charge < -0.3 is 5.11 Å². The van der Waals surface area contributed by atoms with E-state index >= 15 is 0 Å². The molecule has 0 atom stereocenters. The highest BCUT2D eigenvalue weighted by Gasteiger charge is 2.01. The standard InChI is InChI=1S/C11H16O.2C2H5.Al/c1-3-4-7-10-8-5-6-9(2)11(10)12;2*1-2;/h5-6,8,12H,3-4,7H2,1-2H3;2*1H2,2H3;. The van der Waals surface area contributed by atoms with Gasteiger partial charge in [0.2, 0.25) is 0 Å². The van der Waals surface area contributed by atoms with Crippen LogP contribution in [0.3, 0.4) is 0 Å². The van der Waals surface area contributed by atoms with Gasteiger partial charge in [-0.3, -0.25) is 0 Å². The first kappa shape index (κ1) is 16.6. The summed E-state index contributed by atoms with van der Waals surface area (Å²) in [7, 11) is 0. The number of rotatable bonds is 5. The first-order valence-electron chi connectivity index (χ1n) is 6.76. The van der Waals surface area contributed by atoms with E-state index in [4.69, 9.17) is 0 Å². The van der Waals surface area contributed by atoms with Crippen molar-refractivity contribution < 1.29 is 5.11 Å². The van der Waals surface area contributed by atoms with Crippen LogP contribution in [0.15, 0.2) is 18.2 Å². The molecule has 17 heavy (non-hydrogen) atoms. The molecule has 0 unspecified atom stereocenters. The number of benzene rings is 1. The van der Waals surface area contributed by atoms with Crippen LogP contribution in [0.5, 0.6) is 5.75 Å². The summed E-state index contributed by atoms with van der Waals surface area (Å²) in [6, 6.07) is 5.93. The predicted molar refractivity (Wildman–Crippen MR) is 78.2 cm³/mol. The lowest BCUT2D eigenvalue weighted by Gasteiger charge is -2.05. The second kappa shape index (κ2) is 10.7. The van der Waals surface area contributed by atoms with Crippen molar-refractivity contribution in [3.8, 4) is 5.75 Å². The molecular weight excluding hydrogens is 223 g/mol. The zero-order chi connectivity index (χ0) is 13.1. The van der Waals surface area contributed by atoms with E-state index in [1.807, 2.05) is 25.1 Å². The summed E-state index contributed by atoms with van der Waals surface area (Å²) in [5.41, 5.74) is 2.06. The summed E-state index contributed by atoms with van der Waals surface area (Å²) in [6.07, 6.45) is 3.31. The minimum absolute atomic E-state index is 0.478. The summed E-state index contributed by atoms with van der Waals surface area (Å²) in [5, 5.41) is 12.5. The van der Waals surface area contributed by atoms with E-state index in [-0.39, 0.29) is 0 Å². The van der Waals surface area contributed by atoms with Gasteiger partial charge in [-0.1, -0.05) is 45.4 Å². The Morgan fingerprint density at radius 1 is 1.12 bits per heavy atom. The van der Waals surface area contributed by atoms with Gasteiger partial charge in [0.15, 0.2) is 15.2 Å². The van der Waals surface area contributed by atoms with Gasteiger partial charge in [0, 0.05) is 0 Å². The SMILES string of the molecule is CCCCc1cccc(C)c1O.C[CH2][Al][CH2]C. The molecule has 0 aromatic heterocycles. The van der Waals surface area contributed by atoms with Crippen LogP contribution in [0.1, 0.15) is 44.7 Å². The summed E-state index contributed by atoms with van der Waals surface area (Å²) >= 11 is 0.815. The van der Waals surface area contributed by atoms with Crippen molar-refractivity contribution in [2.75, 3.05) is 0 Å². The molecule has 0 aliphatic rings. The maximum atomic E-state index is 9.62. The Balaban J connectivity index is 0.000000437. The zero-order valence-electron chi connectivity index (χ0n) is 11.8. The van der Waals surface area contributed by atoms with Crippen LogP contribution in [0.4, 0.5) is 0 Å². The molecule has 1 radical (unpaired) electrons. The van der Waals surface area contributed by atoms with Crippen LogP contribution in [0, 0.1) is 6.92 Å². The van der Waals surface area contributed by atoms with E-state index < -0.39 is 0 Å². The van der Waals surface area contributed by atoms with E-state index in [0.717, 1.165) is 39.2 Å².